The third-order valence-corrected chi connectivity index (χ3v) is 5.64. The van der Waals surface area contributed by atoms with Crippen LogP contribution in [0.25, 0.3) is 0 Å². The summed E-state index contributed by atoms with van der Waals surface area (Å²) in [6, 6.07) is 8.80. The van der Waals surface area contributed by atoms with Crippen molar-refractivity contribution in [1.29, 1.82) is 0 Å². The van der Waals surface area contributed by atoms with Crippen LogP contribution in [0.4, 0.5) is 0 Å². The van der Waals surface area contributed by atoms with E-state index < -0.39 is 5.60 Å². The van der Waals surface area contributed by atoms with E-state index in [2.05, 4.69) is 38.1 Å². The molecule has 1 aromatic carbocycles. The average molecular weight is 258 g/mol. The van der Waals surface area contributed by atoms with Crippen molar-refractivity contribution >= 4 is 0 Å². The second kappa shape index (κ2) is 4.94. The fourth-order valence-electron chi connectivity index (χ4n) is 3.67. The third-order valence-electron chi connectivity index (χ3n) is 5.64. The molecule has 3 atom stereocenters. The first-order chi connectivity index (χ1) is 9.08. The largest absolute Gasteiger partial charge is 0.385 e. The second-order valence-electron chi connectivity index (χ2n) is 6.98. The summed E-state index contributed by atoms with van der Waals surface area (Å²) in [7, 11) is 0. The fraction of sp³-hybridized carbons (Fsp3) is 0.667. The van der Waals surface area contributed by atoms with E-state index in [-0.39, 0.29) is 0 Å². The Labute approximate surface area is 117 Å². The third kappa shape index (κ3) is 2.45. The fourth-order valence-corrected chi connectivity index (χ4v) is 3.67. The monoisotopic (exact) mass is 258 g/mol. The smallest absolute Gasteiger partial charge is 0.0899 e. The lowest BCUT2D eigenvalue weighted by atomic mass is 9.69. The predicted molar refractivity (Wildman–Crippen MR) is 79.1 cm³/mol. The maximum Gasteiger partial charge on any atom is 0.0899 e. The van der Waals surface area contributed by atoms with Crippen LogP contribution in [-0.4, -0.2) is 5.11 Å². The Morgan fingerprint density at radius 1 is 1.11 bits per heavy atom. The molecule has 2 aliphatic rings. The molecule has 2 fully saturated rings. The van der Waals surface area contributed by atoms with Crippen LogP contribution in [0.3, 0.4) is 0 Å². The minimum Gasteiger partial charge on any atom is -0.385 e. The van der Waals surface area contributed by atoms with E-state index in [1.807, 2.05) is 0 Å². The normalized spacial score (nSPS) is 35.9. The molecule has 0 heterocycles. The highest BCUT2D eigenvalue weighted by molar-refractivity contribution is 5.31. The van der Waals surface area contributed by atoms with Crippen LogP contribution in [0.5, 0.6) is 0 Å². The van der Waals surface area contributed by atoms with Gasteiger partial charge < -0.3 is 5.11 Å². The minimum atomic E-state index is -0.578. The van der Waals surface area contributed by atoms with Gasteiger partial charge in [-0.05, 0) is 61.0 Å². The average Bonchev–Trinajstić information content (AvgIpc) is 2.33. The first-order valence-electron chi connectivity index (χ1n) is 7.91. The second-order valence-corrected chi connectivity index (χ2v) is 6.98. The molecule has 0 amide bonds. The molecule has 0 radical (unpaired) electrons. The molecule has 1 N–H and O–H groups in total. The van der Waals surface area contributed by atoms with Crippen molar-refractivity contribution in [3.8, 4) is 0 Å². The lowest BCUT2D eigenvalue weighted by Crippen LogP contribution is -2.35. The van der Waals surface area contributed by atoms with Gasteiger partial charge in [0.15, 0.2) is 0 Å². The SMILES string of the molecule is CC1CCC(O)(c2cccc(C3CCC3)c2)CC1C. The van der Waals surface area contributed by atoms with E-state index in [0.29, 0.717) is 5.92 Å². The number of aliphatic hydroxyl groups is 1. The molecular formula is C18H26O. The van der Waals surface area contributed by atoms with Crippen LogP contribution < -0.4 is 0 Å². The Balaban J connectivity index is 1.84. The van der Waals surface area contributed by atoms with Crippen molar-refractivity contribution in [2.24, 2.45) is 11.8 Å². The van der Waals surface area contributed by atoms with Gasteiger partial charge in [-0.1, -0.05) is 44.5 Å². The highest BCUT2D eigenvalue weighted by Gasteiger charge is 2.37. The molecule has 3 rings (SSSR count). The van der Waals surface area contributed by atoms with Crippen LogP contribution in [0, 0.1) is 11.8 Å². The van der Waals surface area contributed by atoms with E-state index in [1.54, 1.807) is 0 Å². The van der Waals surface area contributed by atoms with Gasteiger partial charge in [0, 0.05) is 0 Å². The van der Waals surface area contributed by atoms with Crippen LogP contribution in [-0.2, 0) is 5.60 Å². The summed E-state index contributed by atoms with van der Waals surface area (Å²) < 4.78 is 0. The summed E-state index contributed by atoms with van der Waals surface area (Å²) in [5.74, 6) is 2.12. The van der Waals surface area contributed by atoms with Gasteiger partial charge in [0.05, 0.1) is 5.60 Å². The van der Waals surface area contributed by atoms with E-state index >= 15 is 0 Å². The van der Waals surface area contributed by atoms with Gasteiger partial charge in [0.2, 0.25) is 0 Å². The van der Waals surface area contributed by atoms with Crippen molar-refractivity contribution in [2.45, 2.75) is 63.9 Å². The molecule has 0 aromatic heterocycles. The quantitative estimate of drug-likeness (QED) is 0.822. The molecule has 0 spiro atoms. The molecule has 1 heteroatoms. The summed E-state index contributed by atoms with van der Waals surface area (Å²) in [6.45, 7) is 4.60. The van der Waals surface area contributed by atoms with E-state index in [4.69, 9.17) is 0 Å². The molecule has 2 saturated carbocycles. The number of benzene rings is 1. The van der Waals surface area contributed by atoms with Crippen LogP contribution in [0.1, 0.15) is 69.4 Å². The molecule has 2 aliphatic carbocycles. The zero-order chi connectivity index (χ0) is 13.5. The van der Waals surface area contributed by atoms with Gasteiger partial charge in [-0.3, -0.25) is 0 Å². The Morgan fingerprint density at radius 2 is 1.89 bits per heavy atom. The molecule has 0 aliphatic heterocycles. The Kier molecular flexibility index (Phi) is 3.42. The number of rotatable bonds is 2. The van der Waals surface area contributed by atoms with Gasteiger partial charge in [-0.15, -0.1) is 0 Å². The highest BCUT2D eigenvalue weighted by Crippen LogP contribution is 2.44. The molecule has 0 saturated heterocycles. The van der Waals surface area contributed by atoms with Crippen LogP contribution in [0.2, 0.25) is 0 Å². The van der Waals surface area contributed by atoms with E-state index in [9.17, 15) is 5.11 Å². The number of hydrogen-bond donors (Lipinski definition) is 1. The molecule has 1 nitrogen and oxygen atoms in total. The maximum absolute atomic E-state index is 11.0. The highest BCUT2D eigenvalue weighted by atomic mass is 16.3. The summed E-state index contributed by atoms with van der Waals surface area (Å²) >= 11 is 0. The zero-order valence-electron chi connectivity index (χ0n) is 12.2. The van der Waals surface area contributed by atoms with E-state index in [0.717, 1.165) is 36.7 Å². The van der Waals surface area contributed by atoms with Crippen molar-refractivity contribution in [3.05, 3.63) is 35.4 Å². The van der Waals surface area contributed by atoms with Crippen molar-refractivity contribution in [1.82, 2.24) is 0 Å². The van der Waals surface area contributed by atoms with Gasteiger partial charge >= 0.3 is 0 Å². The van der Waals surface area contributed by atoms with Crippen LogP contribution >= 0.6 is 0 Å². The first-order valence-corrected chi connectivity index (χ1v) is 7.91. The van der Waals surface area contributed by atoms with Crippen LogP contribution in [0.15, 0.2) is 24.3 Å². The first kappa shape index (κ1) is 13.2. The van der Waals surface area contributed by atoms with Crippen molar-refractivity contribution in [3.63, 3.8) is 0 Å². The molecule has 3 unspecified atom stereocenters. The molecule has 0 bridgehead atoms. The molecule has 104 valence electrons. The standard InChI is InChI=1S/C18H26O/c1-13-9-10-18(19,12-14(13)2)17-8-4-7-16(11-17)15-5-3-6-15/h4,7-8,11,13-15,19H,3,5-6,9-10,12H2,1-2H3. The molecule has 19 heavy (non-hydrogen) atoms. The van der Waals surface area contributed by atoms with Crippen molar-refractivity contribution in [2.75, 3.05) is 0 Å². The summed E-state index contributed by atoms with van der Waals surface area (Å²) in [4.78, 5) is 0. The summed E-state index contributed by atoms with van der Waals surface area (Å²) in [6.07, 6.45) is 7.01. The Bertz CT molecular complexity index is 449. The maximum atomic E-state index is 11.0. The Morgan fingerprint density at radius 3 is 2.53 bits per heavy atom. The lowest BCUT2D eigenvalue weighted by Gasteiger charge is -2.40. The van der Waals surface area contributed by atoms with Gasteiger partial charge in [0.25, 0.3) is 0 Å². The lowest BCUT2D eigenvalue weighted by molar-refractivity contribution is -0.0336. The van der Waals surface area contributed by atoms with Crippen molar-refractivity contribution < 1.29 is 5.11 Å². The van der Waals surface area contributed by atoms with E-state index in [1.165, 1.54) is 24.8 Å². The number of hydrogen-bond acceptors (Lipinski definition) is 1. The summed E-state index contributed by atoms with van der Waals surface area (Å²) in [5, 5.41) is 11.0. The van der Waals surface area contributed by atoms with Gasteiger partial charge in [-0.25, -0.2) is 0 Å². The predicted octanol–water partition coefficient (Wildman–Crippen LogP) is 4.60. The van der Waals surface area contributed by atoms with Gasteiger partial charge in [-0.2, -0.15) is 0 Å². The zero-order valence-corrected chi connectivity index (χ0v) is 12.2. The topological polar surface area (TPSA) is 20.2 Å². The Hall–Kier alpha value is -0.820. The molecule has 1 aromatic rings. The van der Waals surface area contributed by atoms with Gasteiger partial charge in [0.1, 0.15) is 0 Å². The summed E-state index contributed by atoms with van der Waals surface area (Å²) in [5.41, 5.74) is 2.03. The minimum absolute atomic E-state index is 0.578. The molecular weight excluding hydrogens is 232 g/mol.